The van der Waals surface area contributed by atoms with E-state index >= 15 is 0 Å². The molecular formula is C15H25NO2. The molecule has 3 heteroatoms. The van der Waals surface area contributed by atoms with Crippen LogP contribution in [0.5, 0.6) is 11.5 Å². The van der Waals surface area contributed by atoms with Gasteiger partial charge in [-0.2, -0.15) is 0 Å². The fourth-order valence-corrected chi connectivity index (χ4v) is 1.48. The van der Waals surface area contributed by atoms with Gasteiger partial charge in [-0.25, -0.2) is 0 Å². The average molecular weight is 251 g/mol. The van der Waals surface area contributed by atoms with Crippen LogP contribution in [0.15, 0.2) is 24.3 Å². The van der Waals surface area contributed by atoms with Crippen molar-refractivity contribution in [3.05, 3.63) is 24.3 Å². The van der Waals surface area contributed by atoms with Crippen LogP contribution in [0.3, 0.4) is 0 Å². The summed E-state index contributed by atoms with van der Waals surface area (Å²) < 4.78 is 11.1. The molecule has 0 atom stereocenters. The molecule has 18 heavy (non-hydrogen) atoms. The van der Waals surface area contributed by atoms with Gasteiger partial charge in [-0.05, 0) is 43.1 Å². The van der Waals surface area contributed by atoms with Gasteiger partial charge in [0.25, 0.3) is 0 Å². The van der Waals surface area contributed by atoms with Gasteiger partial charge >= 0.3 is 0 Å². The minimum atomic E-state index is 0.681. The van der Waals surface area contributed by atoms with Crippen LogP contribution in [0.4, 0.5) is 0 Å². The first kappa shape index (κ1) is 14.8. The van der Waals surface area contributed by atoms with Crippen LogP contribution >= 0.6 is 0 Å². The minimum Gasteiger partial charge on any atom is -0.494 e. The summed E-state index contributed by atoms with van der Waals surface area (Å²) in [7, 11) is 0. The zero-order valence-electron chi connectivity index (χ0n) is 11.7. The van der Waals surface area contributed by atoms with Gasteiger partial charge in [0.2, 0.25) is 0 Å². The van der Waals surface area contributed by atoms with Gasteiger partial charge in [0.15, 0.2) is 0 Å². The van der Waals surface area contributed by atoms with E-state index in [-0.39, 0.29) is 0 Å². The minimum absolute atomic E-state index is 0.681. The summed E-state index contributed by atoms with van der Waals surface area (Å²) in [4.78, 5) is 0. The van der Waals surface area contributed by atoms with Gasteiger partial charge in [-0.3, -0.25) is 0 Å². The monoisotopic (exact) mass is 251 g/mol. The van der Waals surface area contributed by atoms with Crippen LogP contribution in [0, 0.1) is 5.92 Å². The third kappa shape index (κ3) is 6.50. The van der Waals surface area contributed by atoms with Crippen LogP contribution in [-0.2, 0) is 0 Å². The highest BCUT2D eigenvalue weighted by atomic mass is 16.5. The Morgan fingerprint density at radius 1 is 1.00 bits per heavy atom. The summed E-state index contributed by atoms with van der Waals surface area (Å²) in [6, 6.07) is 7.81. The van der Waals surface area contributed by atoms with Crippen molar-refractivity contribution in [3.8, 4) is 11.5 Å². The second-order valence-corrected chi connectivity index (χ2v) is 4.77. The molecule has 1 N–H and O–H groups in total. The van der Waals surface area contributed by atoms with Crippen molar-refractivity contribution >= 4 is 0 Å². The fraction of sp³-hybridized carbons (Fsp3) is 0.600. The molecular weight excluding hydrogens is 226 g/mol. The Hall–Kier alpha value is -1.22. The molecule has 1 rings (SSSR count). The Kier molecular flexibility index (Phi) is 7.26. The molecule has 1 aromatic carbocycles. The molecule has 0 fully saturated rings. The van der Waals surface area contributed by atoms with Crippen molar-refractivity contribution in [2.75, 3.05) is 26.3 Å². The fourth-order valence-electron chi connectivity index (χ4n) is 1.48. The highest BCUT2D eigenvalue weighted by Crippen LogP contribution is 2.17. The molecule has 1 aromatic rings. The number of nitrogens with one attached hydrogen (secondary N) is 1. The summed E-state index contributed by atoms with van der Waals surface area (Å²) >= 11 is 0. The van der Waals surface area contributed by atoms with E-state index in [1.54, 1.807) is 0 Å². The van der Waals surface area contributed by atoms with Crippen molar-refractivity contribution in [3.63, 3.8) is 0 Å². The lowest BCUT2D eigenvalue weighted by molar-refractivity contribution is 0.305. The van der Waals surface area contributed by atoms with Gasteiger partial charge in [-0.1, -0.05) is 20.8 Å². The highest BCUT2D eigenvalue weighted by molar-refractivity contribution is 5.31. The highest BCUT2D eigenvalue weighted by Gasteiger charge is 1.97. The molecule has 0 spiro atoms. The molecule has 0 unspecified atom stereocenters. The Labute approximate surface area is 110 Å². The Morgan fingerprint density at radius 2 is 1.56 bits per heavy atom. The molecule has 0 saturated carbocycles. The molecule has 0 aliphatic rings. The van der Waals surface area contributed by atoms with Crippen LogP contribution < -0.4 is 14.8 Å². The molecule has 0 radical (unpaired) electrons. The normalized spacial score (nSPS) is 10.7. The van der Waals surface area contributed by atoms with E-state index in [1.807, 2.05) is 24.3 Å². The first-order valence-corrected chi connectivity index (χ1v) is 6.78. The summed E-state index contributed by atoms with van der Waals surface area (Å²) in [5.74, 6) is 2.48. The third-order valence-electron chi connectivity index (χ3n) is 2.40. The zero-order chi connectivity index (χ0) is 13.2. The standard InChI is InChI=1S/C15H25NO2/c1-4-10-17-14-5-7-15(8-6-14)18-11-9-16-12-13(2)3/h5-8,13,16H,4,9-12H2,1-3H3. The van der Waals surface area contributed by atoms with E-state index in [2.05, 4.69) is 26.1 Å². The largest absolute Gasteiger partial charge is 0.494 e. The molecule has 0 aromatic heterocycles. The molecule has 0 saturated heterocycles. The van der Waals surface area contributed by atoms with Crippen molar-refractivity contribution in [2.45, 2.75) is 27.2 Å². The van der Waals surface area contributed by atoms with E-state index < -0.39 is 0 Å². The molecule has 0 bridgehead atoms. The summed E-state index contributed by atoms with van der Waals surface area (Å²) in [6.07, 6.45) is 1.03. The maximum atomic E-state index is 5.63. The van der Waals surface area contributed by atoms with Crippen LogP contribution in [0.1, 0.15) is 27.2 Å². The number of rotatable bonds is 9. The van der Waals surface area contributed by atoms with E-state index in [0.717, 1.165) is 37.6 Å². The summed E-state index contributed by atoms with van der Waals surface area (Å²) in [5, 5.41) is 3.34. The van der Waals surface area contributed by atoms with Gasteiger partial charge in [0.1, 0.15) is 18.1 Å². The SMILES string of the molecule is CCCOc1ccc(OCCNCC(C)C)cc1. The van der Waals surface area contributed by atoms with Gasteiger partial charge < -0.3 is 14.8 Å². The number of ether oxygens (including phenoxy) is 2. The second kappa shape index (κ2) is 8.81. The predicted molar refractivity (Wildman–Crippen MR) is 75.4 cm³/mol. The van der Waals surface area contributed by atoms with Crippen molar-refractivity contribution in [2.24, 2.45) is 5.92 Å². The lowest BCUT2D eigenvalue weighted by Crippen LogP contribution is -2.24. The van der Waals surface area contributed by atoms with Crippen molar-refractivity contribution in [1.82, 2.24) is 5.32 Å². The Balaban J connectivity index is 2.18. The number of hydrogen-bond donors (Lipinski definition) is 1. The predicted octanol–water partition coefficient (Wildman–Crippen LogP) is 3.10. The summed E-state index contributed by atoms with van der Waals surface area (Å²) in [5.41, 5.74) is 0. The maximum absolute atomic E-state index is 5.63. The van der Waals surface area contributed by atoms with Crippen LogP contribution in [-0.4, -0.2) is 26.3 Å². The first-order valence-electron chi connectivity index (χ1n) is 6.78. The van der Waals surface area contributed by atoms with Gasteiger partial charge in [-0.15, -0.1) is 0 Å². The Bertz CT molecular complexity index is 309. The zero-order valence-corrected chi connectivity index (χ0v) is 11.7. The smallest absolute Gasteiger partial charge is 0.119 e. The average Bonchev–Trinajstić information content (AvgIpc) is 2.37. The summed E-state index contributed by atoms with van der Waals surface area (Å²) in [6.45, 7) is 9.87. The van der Waals surface area contributed by atoms with Crippen LogP contribution in [0.2, 0.25) is 0 Å². The molecule has 0 amide bonds. The maximum Gasteiger partial charge on any atom is 0.119 e. The number of hydrogen-bond acceptors (Lipinski definition) is 3. The lowest BCUT2D eigenvalue weighted by atomic mass is 10.2. The van der Waals surface area contributed by atoms with E-state index in [4.69, 9.17) is 9.47 Å². The third-order valence-corrected chi connectivity index (χ3v) is 2.40. The first-order chi connectivity index (χ1) is 8.72. The van der Waals surface area contributed by atoms with Crippen molar-refractivity contribution in [1.29, 1.82) is 0 Å². The quantitative estimate of drug-likeness (QED) is 0.684. The van der Waals surface area contributed by atoms with E-state index in [9.17, 15) is 0 Å². The topological polar surface area (TPSA) is 30.5 Å². The number of benzene rings is 1. The van der Waals surface area contributed by atoms with E-state index in [1.165, 1.54) is 0 Å². The molecule has 0 heterocycles. The van der Waals surface area contributed by atoms with Crippen molar-refractivity contribution < 1.29 is 9.47 Å². The molecule has 102 valence electrons. The molecule has 0 aliphatic carbocycles. The van der Waals surface area contributed by atoms with Gasteiger partial charge in [0.05, 0.1) is 6.61 Å². The second-order valence-electron chi connectivity index (χ2n) is 4.77. The molecule has 0 aliphatic heterocycles. The van der Waals surface area contributed by atoms with Crippen LogP contribution in [0.25, 0.3) is 0 Å². The lowest BCUT2D eigenvalue weighted by Gasteiger charge is -2.10. The Morgan fingerprint density at radius 3 is 2.06 bits per heavy atom. The molecule has 3 nitrogen and oxygen atoms in total. The van der Waals surface area contributed by atoms with E-state index in [0.29, 0.717) is 12.5 Å². The van der Waals surface area contributed by atoms with Gasteiger partial charge in [0, 0.05) is 6.54 Å².